The van der Waals surface area contributed by atoms with Crippen LogP contribution in [0.15, 0.2) is 42.9 Å². The van der Waals surface area contributed by atoms with Crippen molar-refractivity contribution in [2.45, 2.75) is 13.1 Å². The highest BCUT2D eigenvalue weighted by atomic mass is 16.4. The Morgan fingerprint density at radius 1 is 1.26 bits per heavy atom. The molecule has 0 amide bonds. The molecule has 0 aromatic carbocycles. The van der Waals surface area contributed by atoms with Crippen molar-refractivity contribution in [1.29, 1.82) is 0 Å². The first-order chi connectivity index (χ1) is 9.15. The minimum atomic E-state index is -0.956. The lowest BCUT2D eigenvalue weighted by molar-refractivity contribution is 0.0696. The van der Waals surface area contributed by atoms with Crippen molar-refractivity contribution in [2.75, 3.05) is 7.05 Å². The van der Waals surface area contributed by atoms with Crippen molar-refractivity contribution in [1.82, 2.24) is 14.9 Å². The van der Waals surface area contributed by atoms with Crippen molar-refractivity contribution >= 4 is 5.97 Å². The number of carboxylic acids is 1. The van der Waals surface area contributed by atoms with Gasteiger partial charge in [-0.2, -0.15) is 0 Å². The molecule has 0 radical (unpaired) electrons. The van der Waals surface area contributed by atoms with Crippen LogP contribution in [-0.4, -0.2) is 33.0 Å². The van der Waals surface area contributed by atoms with Crippen molar-refractivity contribution in [3.8, 4) is 0 Å². The highest BCUT2D eigenvalue weighted by Gasteiger charge is 2.05. The van der Waals surface area contributed by atoms with Crippen LogP contribution in [0, 0.1) is 0 Å². The van der Waals surface area contributed by atoms with E-state index in [1.54, 1.807) is 18.3 Å². The second-order valence-corrected chi connectivity index (χ2v) is 4.38. The number of rotatable bonds is 5. The maximum atomic E-state index is 10.7. The Morgan fingerprint density at radius 2 is 2.11 bits per heavy atom. The van der Waals surface area contributed by atoms with E-state index in [1.807, 2.05) is 25.4 Å². The minimum absolute atomic E-state index is 0.207. The Labute approximate surface area is 111 Å². The molecule has 0 aliphatic rings. The largest absolute Gasteiger partial charge is 0.478 e. The first-order valence-corrected chi connectivity index (χ1v) is 5.91. The lowest BCUT2D eigenvalue weighted by atomic mass is 10.2. The van der Waals surface area contributed by atoms with Gasteiger partial charge in [0.15, 0.2) is 0 Å². The molecule has 0 bridgehead atoms. The van der Waals surface area contributed by atoms with E-state index in [2.05, 4.69) is 14.9 Å². The predicted octanol–water partition coefficient (Wildman–Crippen LogP) is 1.81. The molecule has 0 atom stereocenters. The van der Waals surface area contributed by atoms with Crippen LogP contribution in [-0.2, 0) is 13.1 Å². The second-order valence-electron chi connectivity index (χ2n) is 4.38. The normalized spacial score (nSPS) is 10.6. The van der Waals surface area contributed by atoms with Crippen LogP contribution < -0.4 is 0 Å². The lowest BCUT2D eigenvalue weighted by Crippen LogP contribution is -2.18. The highest BCUT2D eigenvalue weighted by molar-refractivity contribution is 5.87. The molecule has 1 N–H and O–H groups in total. The topological polar surface area (TPSA) is 66.3 Å². The maximum absolute atomic E-state index is 10.7. The second kappa shape index (κ2) is 6.06. The fourth-order valence-electron chi connectivity index (χ4n) is 1.78. The van der Waals surface area contributed by atoms with E-state index >= 15 is 0 Å². The van der Waals surface area contributed by atoms with Crippen molar-refractivity contribution in [3.63, 3.8) is 0 Å². The Morgan fingerprint density at radius 3 is 2.68 bits per heavy atom. The summed E-state index contributed by atoms with van der Waals surface area (Å²) in [5, 5.41) is 8.80. The number of hydrogen-bond donors (Lipinski definition) is 1. The summed E-state index contributed by atoms with van der Waals surface area (Å²) >= 11 is 0. The fraction of sp³-hybridized carbons (Fsp3) is 0.214. The summed E-state index contributed by atoms with van der Waals surface area (Å²) < 4.78 is 0. The standard InChI is InChI=1S/C14H15N3O2/c1-17(9-11-3-2-6-15-7-11)10-13-5-4-12(8-16-13)14(18)19/h2-8H,9-10H2,1H3,(H,18,19). The van der Waals surface area contributed by atoms with Crippen molar-refractivity contribution < 1.29 is 9.90 Å². The predicted molar refractivity (Wildman–Crippen MR) is 70.6 cm³/mol. The fourth-order valence-corrected chi connectivity index (χ4v) is 1.78. The molecule has 2 aromatic heterocycles. The quantitative estimate of drug-likeness (QED) is 0.884. The van der Waals surface area contributed by atoms with Gasteiger partial charge in [-0.1, -0.05) is 6.07 Å². The molecule has 0 spiro atoms. The Balaban J connectivity index is 1.95. The molecule has 19 heavy (non-hydrogen) atoms. The average Bonchev–Trinajstić information content (AvgIpc) is 2.40. The van der Waals surface area contributed by atoms with Crippen molar-refractivity contribution in [3.05, 3.63) is 59.7 Å². The van der Waals surface area contributed by atoms with E-state index in [4.69, 9.17) is 5.11 Å². The molecule has 5 nitrogen and oxygen atoms in total. The summed E-state index contributed by atoms with van der Waals surface area (Å²) in [6.45, 7) is 1.44. The molecule has 2 heterocycles. The molecule has 0 aliphatic carbocycles. The molecule has 2 aromatic rings. The first kappa shape index (κ1) is 13.2. The molecule has 5 heteroatoms. The van der Waals surface area contributed by atoms with Crippen LogP contribution in [0.25, 0.3) is 0 Å². The molecule has 0 unspecified atom stereocenters. The number of carbonyl (C=O) groups is 1. The molecular weight excluding hydrogens is 242 g/mol. The van der Waals surface area contributed by atoms with Gasteiger partial charge < -0.3 is 5.11 Å². The van der Waals surface area contributed by atoms with E-state index in [1.165, 1.54) is 6.20 Å². The number of aromatic carboxylic acids is 1. The molecular formula is C14H15N3O2. The number of aromatic nitrogens is 2. The third-order valence-corrected chi connectivity index (χ3v) is 2.68. The van der Waals surface area contributed by atoms with Crippen LogP contribution in [0.3, 0.4) is 0 Å². The van der Waals surface area contributed by atoms with Gasteiger partial charge in [0.1, 0.15) is 0 Å². The van der Waals surface area contributed by atoms with E-state index in [9.17, 15) is 4.79 Å². The summed E-state index contributed by atoms with van der Waals surface area (Å²) in [4.78, 5) is 21.0. The van der Waals surface area contributed by atoms with Gasteiger partial charge in [0, 0.05) is 31.7 Å². The van der Waals surface area contributed by atoms with Gasteiger partial charge in [0.05, 0.1) is 11.3 Å². The summed E-state index contributed by atoms with van der Waals surface area (Å²) in [6, 6.07) is 7.24. The number of carboxylic acid groups (broad SMARTS) is 1. The highest BCUT2D eigenvalue weighted by Crippen LogP contribution is 2.06. The number of pyridine rings is 2. The molecule has 0 fully saturated rings. The Kier molecular flexibility index (Phi) is 4.20. The zero-order valence-electron chi connectivity index (χ0n) is 10.7. The Hall–Kier alpha value is -2.27. The minimum Gasteiger partial charge on any atom is -0.478 e. The maximum Gasteiger partial charge on any atom is 0.337 e. The molecule has 0 saturated heterocycles. The van der Waals surface area contributed by atoms with Crippen LogP contribution in [0.5, 0.6) is 0 Å². The zero-order chi connectivity index (χ0) is 13.7. The van der Waals surface area contributed by atoms with Gasteiger partial charge in [-0.15, -0.1) is 0 Å². The number of nitrogens with zero attached hydrogens (tertiary/aromatic N) is 3. The average molecular weight is 257 g/mol. The van der Waals surface area contributed by atoms with E-state index in [0.717, 1.165) is 17.8 Å². The third kappa shape index (κ3) is 3.86. The summed E-state index contributed by atoms with van der Waals surface area (Å²) in [7, 11) is 1.99. The van der Waals surface area contributed by atoms with Gasteiger partial charge in [0.2, 0.25) is 0 Å². The van der Waals surface area contributed by atoms with E-state index in [-0.39, 0.29) is 5.56 Å². The van der Waals surface area contributed by atoms with Crippen LogP contribution in [0.1, 0.15) is 21.6 Å². The van der Waals surface area contributed by atoms with Crippen LogP contribution in [0.2, 0.25) is 0 Å². The molecule has 2 rings (SSSR count). The summed E-state index contributed by atoms with van der Waals surface area (Å²) in [6.07, 6.45) is 4.96. The van der Waals surface area contributed by atoms with Gasteiger partial charge in [0.25, 0.3) is 0 Å². The third-order valence-electron chi connectivity index (χ3n) is 2.68. The summed E-state index contributed by atoms with van der Waals surface area (Å²) in [5.74, 6) is -0.956. The molecule has 0 aliphatic heterocycles. The van der Waals surface area contributed by atoms with Gasteiger partial charge in [-0.25, -0.2) is 4.79 Å². The smallest absolute Gasteiger partial charge is 0.337 e. The number of hydrogen-bond acceptors (Lipinski definition) is 4. The molecule has 98 valence electrons. The van der Waals surface area contributed by atoms with E-state index < -0.39 is 5.97 Å². The monoisotopic (exact) mass is 257 g/mol. The van der Waals surface area contributed by atoms with Gasteiger partial charge >= 0.3 is 5.97 Å². The van der Waals surface area contributed by atoms with Crippen molar-refractivity contribution in [2.24, 2.45) is 0 Å². The van der Waals surface area contributed by atoms with Crippen LogP contribution >= 0.6 is 0 Å². The first-order valence-electron chi connectivity index (χ1n) is 5.91. The van der Waals surface area contributed by atoms with Gasteiger partial charge in [-0.3, -0.25) is 14.9 Å². The zero-order valence-corrected chi connectivity index (χ0v) is 10.7. The SMILES string of the molecule is CN(Cc1cccnc1)Cc1ccc(C(=O)O)cn1. The Bertz CT molecular complexity index is 540. The summed E-state index contributed by atoms with van der Waals surface area (Å²) in [5.41, 5.74) is 2.18. The van der Waals surface area contributed by atoms with E-state index in [0.29, 0.717) is 6.54 Å². The van der Waals surface area contributed by atoms with Gasteiger partial charge in [-0.05, 0) is 30.8 Å². The van der Waals surface area contributed by atoms with Crippen LogP contribution in [0.4, 0.5) is 0 Å². The lowest BCUT2D eigenvalue weighted by Gasteiger charge is -2.15. The molecule has 0 saturated carbocycles.